The summed E-state index contributed by atoms with van der Waals surface area (Å²) < 4.78 is 29.0. The van der Waals surface area contributed by atoms with E-state index < -0.39 is 15.7 Å². The highest BCUT2D eigenvalue weighted by molar-refractivity contribution is 7.90. The van der Waals surface area contributed by atoms with E-state index in [0.717, 1.165) is 60.5 Å². The van der Waals surface area contributed by atoms with E-state index in [4.69, 9.17) is 14.7 Å². The van der Waals surface area contributed by atoms with Crippen LogP contribution in [-0.2, 0) is 21.1 Å². The Morgan fingerprint density at radius 2 is 1.92 bits per heavy atom. The summed E-state index contributed by atoms with van der Waals surface area (Å²) in [5, 5.41) is 3.63. The maximum absolute atomic E-state index is 12.6. The van der Waals surface area contributed by atoms with Crippen LogP contribution in [0, 0.1) is 5.41 Å². The molecule has 39 heavy (non-hydrogen) atoms. The Kier molecular flexibility index (Phi) is 7.28. The number of amides is 1. The van der Waals surface area contributed by atoms with Gasteiger partial charge < -0.3 is 15.0 Å². The summed E-state index contributed by atoms with van der Waals surface area (Å²) in [6.07, 6.45) is 6.38. The summed E-state index contributed by atoms with van der Waals surface area (Å²) in [4.78, 5) is 32.9. The summed E-state index contributed by atoms with van der Waals surface area (Å²) in [5.74, 6) is 0.475. The highest BCUT2D eigenvalue weighted by Crippen LogP contribution is 2.33. The fourth-order valence-electron chi connectivity index (χ4n) is 4.74. The molecule has 11 heteroatoms. The number of hydrogen-bond donors (Lipinski definition) is 1. The van der Waals surface area contributed by atoms with Gasteiger partial charge in [0.05, 0.1) is 46.2 Å². The van der Waals surface area contributed by atoms with Crippen molar-refractivity contribution >= 4 is 32.5 Å². The Hall–Kier alpha value is -3.96. The second kappa shape index (κ2) is 10.7. The zero-order valence-electron chi connectivity index (χ0n) is 22.1. The fourth-order valence-corrected chi connectivity index (χ4v) is 5.34. The van der Waals surface area contributed by atoms with Gasteiger partial charge in [0.25, 0.3) is 5.91 Å². The molecule has 1 aliphatic rings. The third kappa shape index (κ3) is 6.04. The van der Waals surface area contributed by atoms with Gasteiger partial charge in [0, 0.05) is 55.8 Å². The van der Waals surface area contributed by atoms with E-state index in [1.807, 2.05) is 36.4 Å². The van der Waals surface area contributed by atoms with E-state index in [1.165, 1.54) is 18.5 Å². The van der Waals surface area contributed by atoms with Crippen LogP contribution in [0.15, 0.2) is 66.0 Å². The van der Waals surface area contributed by atoms with Gasteiger partial charge in [-0.15, -0.1) is 0 Å². The Balaban J connectivity index is 1.32. The van der Waals surface area contributed by atoms with E-state index in [-0.39, 0.29) is 22.4 Å². The molecule has 0 aliphatic carbocycles. The van der Waals surface area contributed by atoms with Crippen LogP contribution in [-0.4, -0.2) is 67.3 Å². The molecule has 0 radical (unpaired) electrons. The van der Waals surface area contributed by atoms with Gasteiger partial charge in [-0.3, -0.25) is 14.8 Å². The van der Waals surface area contributed by atoms with E-state index in [2.05, 4.69) is 27.1 Å². The van der Waals surface area contributed by atoms with Gasteiger partial charge in [-0.1, -0.05) is 13.0 Å². The van der Waals surface area contributed by atoms with Gasteiger partial charge in [0.1, 0.15) is 5.82 Å². The summed E-state index contributed by atoms with van der Waals surface area (Å²) in [5.41, 5.74) is 3.13. The van der Waals surface area contributed by atoms with Crippen LogP contribution in [0.1, 0.15) is 29.4 Å². The lowest BCUT2D eigenvalue weighted by atomic mass is 9.91. The van der Waals surface area contributed by atoms with Crippen molar-refractivity contribution in [1.82, 2.24) is 25.3 Å². The highest BCUT2D eigenvalue weighted by atomic mass is 32.2. The number of nitrogens with one attached hydrogen (secondary N) is 1. The molecular weight excluding hydrogens is 516 g/mol. The first-order chi connectivity index (χ1) is 18.6. The molecule has 1 amide bonds. The van der Waals surface area contributed by atoms with E-state index in [0.29, 0.717) is 5.69 Å². The van der Waals surface area contributed by atoms with Crippen LogP contribution in [0.4, 0.5) is 5.82 Å². The topological polar surface area (TPSA) is 127 Å². The summed E-state index contributed by atoms with van der Waals surface area (Å²) in [7, 11) is -1.73. The first-order valence-corrected chi connectivity index (χ1v) is 14.4. The van der Waals surface area contributed by atoms with Crippen molar-refractivity contribution in [3.8, 4) is 11.4 Å². The van der Waals surface area contributed by atoms with Crippen LogP contribution in [0.25, 0.3) is 22.3 Å². The molecular formula is C28H30N6O4S. The average Bonchev–Trinajstić information content (AvgIpc) is 3.32. The molecule has 1 aliphatic heterocycles. The standard InChI is InChI=1S/C28H30N6O4S/c1-28(18-38-2)9-10-34(17-28)26-6-4-5-23(33-26)24-8-7-19-14-30-21(12-25(19)32-24)15-31-27(35)20-11-22(16-29-13-20)39(3,36)37/h4-8,11-14,16H,9-10,15,17-18H2,1-3H3,(H,31,35). The number of hydrogen-bond acceptors (Lipinski definition) is 9. The third-order valence-corrected chi connectivity index (χ3v) is 7.91. The van der Waals surface area contributed by atoms with E-state index in [9.17, 15) is 13.2 Å². The van der Waals surface area contributed by atoms with E-state index >= 15 is 0 Å². The monoisotopic (exact) mass is 546 g/mol. The van der Waals surface area contributed by atoms with Crippen molar-refractivity contribution in [2.24, 2.45) is 5.41 Å². The second-order valence-corrected chi connectivity index (χ2v) is 12.2. The zero-order chi connectivity index (χ0) is 27.6. The van der Waals surface area contributed by atoms with Crippen molar-refractivity contribution < 1.29 is 17.9 Å². The van der Waals surface area contributed by atoms with Crippen LogP contribution >= 0.6 is 0 Å². The molecule has 1 atom stereocenters. The number of pyridine rings is 4. The zero-order valence-corrected chi connectivity index (χ0v) is 22.9. The smallest absolute Gasteiger partial charge is 0.253 e. The Bertz CT molecular complexity index is 1640. The summed E-state index contributed by atoms with van der Waals surface area (Å²) in [6.45, 7) is 4.92. The molecule has 0 saturated carbocycles. The van der Waals surface area contributed by atoms with Crippen LogP contribution < -0.4 is 10.2 Å². The second-order valence-electron chi connectivity index (χ2n) is 10.2. The highest BCUT2D eigenvalue weighted by Gasteiger charge is 2.34. The molecule has 1 fully saturated rings. The third-order valence-electron chi connectivity index (χ3n) is 6.84. The van der Waals surface area contributed by atoms with Crippen LogP contribution in [0.2, 0.25) is 0 Å². The van der Waals surface area contributed by atoms with Crippen LogP contribution in [0.3, 0.4) is 0 Å². The van der Waals surface area contributed by atoms with Crippen molar-refractivity contribution in [2.45, 2.75) is 24.8 Å². The predicted octanol–water partition coefficient (Wildman–Crippen LogP) is 3.28. The molecule has 1 N–H and O–H groups in total. The number of anilines is 1. The van der Waals surface area contributed by atoms with Gasteiger partial charge in [-0.25, -0.2) is 18.4 Å². The minimum absolute atomic E-state index is 0.0119. The maximum atomic E-state index is 12.6. The summed E-state index contributed by atoms with van der Waals surface area (Å²) >= 11 is 0. The van der Waals surface area contributed by atoms with Crippen molar-refractivity contribution in [3.63, 3.8) is 0 Å². The number of fused-ring (bicyclic) bond motifs is 1. The number of methoxy groups -OCH3 is 1. The Morgan fingerprint density at radius 3 is 2.72 bits per heavy atom. The minimum Gasteiger partial charge on any atom is -0.384 e. The Morgan fingerprint density at radius 1 is 1.10 bits per heavy atom. The van der Waals surface area contributed by atoms with Crippen molar-refractivity contribution in [3.05, 3.63) is 72.3 Å². The van der Waals surface area contributed by atoms with Gasteiger partial charge in [0.15, 0.2) is 9.84 Å². The lowest BCUT2D eigenvalue weighted by molar-refractivity contribution is 0.0950. The molecule has 5 rings (SSSR count). The number of aromatic nitrogens is 4. The fraction of sp³-hybridized carbons (Fsp3) is 0.321. The predicted molar refractivity (Wildman–Crippen MR) is 148 cm³/mol. The van der Waals surface area contributed by atoms with Gasteiger partial charge in [0.2, 0.25) is 0 Å². The quantitative estimate of drug-likeness (QED) is 0.354. The van der Waals surface area contributed by atoms with Gasteiger partial charge in [-0.05, 0) is 42.8 Å². The number of ether oxygens (including phenoxy) is 1. The molecule has 10 nitrogen and oxygen atoms in total. The lowest BCUT2D eigenvalue weighted by Gasteiger charge is -2.24. The normalized spacial score (nSPS) is 17.5. The maximum Gasteiger partial charge on any atom is 0.253 e. The molecule has 0 aromatic carbocycles. The van der Waals surface area contributed by atoms with Gasteiger partial charge in [-0.2, -0.15) is 0 Å². The molecule has 4 aromatic rings. The largest absolute Gasteiger partial charge is 0.384 e. The van der Waals surface area contributed by atoms with Crippen LogP contribution in [0.5, 0.6) is 0 Å². The van der Waals surface area contributed by atoms with Crippen molar-refractivity contribution in [1.29, 1.82) is 0 Å². The molecule has 0 spiro atoms. The molecule has 0 bridgehead atoms. The molecule has 1 unspecified atom stereocenters. The average molecular weight is 547 g/mol. The molecule has 5 heterocycles. The van der Waals surface area contributed by atoms with E-state index in [1.54, 1.807) is 13.3 Å². The lowest BCUT2D eigenvalue weighted by Crippen LogP contribution is -2.28. The van der Waals surface area contributed by atoms with Gasteiger partial charge >= 0.3 is 0 Å². The number of rotatable bonds is 8. The Labute approximate surface area is 227 Å². The summed E-state index contributed by atoms with van der Waals surface area (Å²) in [6, 6.07) is 13.0. The number of carbonyl (C=O) groups is 1. The van der Waals surface area contributed by atoms with Crippen molar-refractivity contribution in [2.75, 3.05) is 38.0 Å². The molecule has 4 aromatic heterocycles. The molecule has 202 valence electrons. The SMILES string of the molecule is COCC1(C)CCN(c2cccc(-c3ccc4cnc(CNC(=O)c5cncc(S(C)(=O)=O)c5)cc4n3)n2)C1. The molecule has 1 saturated heterocycles. The number of sulfone groups is 1. The first-order valence-electron chi connectivity index (χ1n) is 12.5. The number of nitrogens with zero attached hydrogens (tertiary/aromatic N) is 5. The minimum atomic E-state index is -3.47. The first kappa shape index (κ1) is 26.6. The number of carbonyl (C=O) groups excluding carboxylic acids is 1.